The predicted molar refractivity (Wildman–Crippen MR) is 106 cm³/mol. The Balaban J connectivity index is 1.65. The summed E-state index contributed by atoms with van der Waals surface area (Å²) >= 11 is 0. The van der Waals surface area contributed by atoms with Gasteiger partial charge in [-0.2, -0.15) is 0 Å². The number of halogens is 1. The topological polar surface area (TPSA) is 176 Å². The third-order valence-corrected chi connectivity index (χ3v) is 7.05. The molecule has 0 spiro atoms. The SMILES string of the molecule is CCOc1nc(N)nc2c1ncn2[C@@H]1O[C@@H]2CO[PH](O)(NC(C)C(=O)O)O[C@H]2[C@@]1(C)F. The van der Waals surface area contributed by atoms with Crippen molar-refractivity contribution in [1.29, 1.82) is 0 Å². The number of nitrogens with one attached hydrogen (secondary N) is 1. The van der Waals surface area contributed by atoms with Crippen molar-refractivity contribution in [1.82, 2.24) is 24.6 Å². The molecule has 2 fully saturated rings. The van der Waals surface area contributed by atoms with Gasteiger partial charge in [0.05, 0.1) is 0 Å². The number of aromatic nitrogens is 4. The number of alkyl halides is 1. The number of nitrogens with zero attached hydrogens (tertiary/aromatic N) is 4. The van der Waals surface area contributed by atoms with Crippen molar-refractivity contribution in [2.75, 3.05) is 18.9 Å². The number of anilines is 1. The summed E-state index contributed by atoms with van der Waals surface area (Å²) in [6.07, 6.45) is -2.01. The Bertz CT molecular complexity index is 1010. The van der Waals surface area contributed by atoms with Gasteiger partial charge in [0.15, 0.2) is 0 Å². The fourth-order valence-electron chi connectivity index (χ4n) is 3.66. The molecule has 4 rings (SSSR count). The standard InChI is InChI=1S/C16H24FN6O7P/c1-4-27-12-9-11(20-15(18)21-12)23(6-19-9)14-16(3,17)10-8(29-14)5-28-31(26,30-10)22-7(2)13(24)25/h6-8,10,14,22,26,31H,4-5H2,1-3H3,(H,24,25)(H2,18,20,21)/t7?,8-,10-,14-,16-/m1/s1. The summed E-state index contributed by atoms with van der Waals surface area (Å²) in [5, 5.41) is 11.5. The molecule has 0 saturated carbocycles. The number of carbonyl (C=O) groups is 1. The van der Waals surface area contributed by atoms with Crippen LogP contribution in [0.25, 0.3) is 11.2 Å². The van der Waals surface area contributed by atoms with E-state index in [0.29, 0.717) is 6.61 Å². The van der Waals surface area contributed by atoms with Crippen LogP contribution >= 0.6 is 8.09 Å². The van der Waals surface area contributed by atoms with Crippen LogP contribution in [0.3, 0.4) is 0 Å². The first-order valence-corrected chi connectivity index (χ1v) is 11.3. The Hall–Kier alpha value is -2.22. The maximum atomic E-state index is 16.0. The minimum atomic E-state index is -4.18. The molecule has 172 valence electrons. The van der Waals surface area contributed by atoms with E-state index in [0.717, 1.165) is 0 Å². The number of hydrogen-bond donors (Lipinski definition) is 4. The number of fused-ring (bicyclic) bond motifs is 2. The molecule has 5 atom stereocenters. The second-order valence-corrected chi connectivity index (χ2v) is 9.43. The van der Waals surface area contributed by atoms with Crippen molar-refractivity contribution in [2.24, 2.45) is 0 Å². The second kappa shape index (κ2) is 7.73. The van der Waals surface area contributed by atoms with E-state index in [9.17, 15) is 9.69 Å². The molecule has 0 aromatic carbocycles. The number of rotatable bonds is 6. The molecule has 0 radical (unpaired) electrons. The van der Waals surface area contributed by atoms with Gasteiger partial charge in [0.25, 0.3) is 0 Å². The van der Waals surface area contributed by atoms with Gasteiger partial charge < -0.3 is 0 Å². The molecule has 4 heterocycles. The molecule has 13 nitrogen and oxygen atoms in total. The summed E-state index contributed by atoms with van der Waals surface area (Å²) in [5.74, 6) is -1.14. The first-order valence-electron chi connectivity index (χ1n) is 9.57. The molecule has 2 aromatic heterocycles. The van der Waals surface area contributed by atoms with Crippen molar-refractivity contribution in [3.63, 3.8) is 0 Å². The molecule has 5 N–H and O–H groups in total. The molecule has 2 aliphatic rings. The number of aliphatic carboxylic acids is 1. The molecule has 0 bridgehead atoms. The molecule has 31 heavy (non-hydrogen) atoms. The van der Waals surface area contributed by atoms with E-state index in [1.54, 1.807) is 6.92 Å². The number of nitrogens with two attached hydrogens (primary N) is 1. The average Bonchev–Trinajstić information content (AvgIpc) is 3.20. The fraction of sp³-hybridized carbons (Fsp3) is 0.625. The molecule has 1 unspecified atom stereocenters. The summed E-state index contributed by atoms with van der Waals surface area (Å²) < 4.78 is 39.5. The van der Waals surface area contributed by atoms with Crippen LogP contribution in [0.15, 0.2) is 6.33 Å². The number of imidazole rings is 1. The van der Waals surface area contributed by atoms with E-state index < -0.39 is 44.2 Å². The van der Waals surface area contributed by atoms with E-state index >= 15 is 4.39 Å². The van der Waals surface area contributed by atoms with Gasteiger partial charge in [-0.15, -0.1) is 0 Å². The number of carboxylic acid groups (broad SMARTS) is 1. The van der Waals surface area contributed by atoms with Crippen molar-refractivity contribution in [3.05, 3.63) is 6.33 Å². The van der Waals surface area contributed by atoms with Crippen molar-refractivity contribution in [3.8, 4) is 5.88 Å². The number of hydrogen-bond acceptors (Lipinski definition) is 11. The Morgan fingerprint density at radius 2 is 2.32 bits per heavy atom. The summed E-state index contributed by atoms with van der Waals surface area (Å²) in [6, 6.07) is -1.16. The van der Waals surface area contributed by atoms with Gasteiger partial charge in [0, 0.05) is 0 Å². The third kappa shape index (κ3) is 3.79. The van der Waals surface area contributed by atoms with Gasteiger partial charge in [-0.05, 0) is 0 Å². The monoisotopic (exact) mass is 462 g/mol. The summed E-state index contributed by atoms with van der Waals surface area (Å²) in [6.45, 7) is 4.46. The third-order valence-electron chi connectivity index (χ3n) is 5.12. The molecular formula is C16H24FN6O7P. The molecule has 2 saturated heterocycles. The van der Waals surface area contributed by atoms with Crippen molar-refractivity contribution in [2.45, 2.75) is 50.9 Å². The zero-order valence-electron chi connectivity index (χ0n) is 17.0. The minimum absolute atomic E-state index is 0.0816. The van der Waals surface area contributed by atoms with Crippen molar-refractivity contribution >= 4 is 31.2 Å². The van der Waals surface area contributed by atoms with Crippen LogP contribution in [-0.4, -0.2) is 72.6 Å². The zero-order chi connectivity index (χ0) is 22.6. The molecule has 2 aromatic rings. The predicted octanol–water partition coefficient (Wildman–Crippen LogP) is 0.313. The van der Waals surface area contributed by atoms with E-state index in [1.165, 1.54) is 24.7 Å². The zero-order valence-corrected chi connectivity index (χ0v) is 18.0. The van der Waals surface area contributed by atoms with E-state index in [1.807, 2.05) is 0 Å². The van der Waals surface area contributed by atoms with E-state index in [4.69, 9.17) is 29.4 Å². The van der Waals surface area contributed by atoms with Gasteiger partial charge in [0.1, 0.15) is 0 Å². The Morgan fingerprint density at radius 3 is 3.00 bits per heavy atom. The average molecular weight is 462 g/mol. The number of carboxylic acids is 1. The summed E-state index contributed by atoms with van der Waals surface area (Å²) in [7, 11) is -4.18. The van der Waals surface area contributed by atoms with E-state index in [-0.39, 0.29) is 29.6 Å². The van der Waals surface area contributed by atoms with Gasteiger partial charge >= 0.3 is 176 Å². The molecule has 0 amide bonds. The van der Waals surface area contributed by atoms with Crippen LogP contribution in [0.1, 0.15) is 27.0 Å². The Kier molecular flexibility index (Phi) is 5.48. The van der Waals surface area contributed by atoms with Gasteiger partial charge in [-0.1, -0.05) is 0 Å². The maximum absolute atomic E-state index is 16.0. The van der Waals surface area contributed by atoms with Crippen LogP contribution in [0.4, 0.5) is 10.3 Å². The Morgan fingerprint density at radius 1 is 1.58 bits per heavy atom. The van der Waals surface area contributed by atoms with Crippen molar-refractivity contribution < 1.29 is 37.7 Å². The van der Waals surface area contributed by atoms with Gasteiger partial charge in [-0.25, -0.2) is 0 Å². The second-order valence-electron chi connectivity index (χ2n) is 7.46. The van der Waals surface area contributed by atoms with Crippen LogP contribution in [-0.2, 0) is 18.6 Å². The van der Waals surface area contributed by atoms with Gasteiger partial charge in [0.2, 0.25) is 0 Å². The van der Waals surface area contributed by atoms with Crippen LogP contribution in [0.2, 0.25) is 0 Å². The van der Waals surface area contributed by atoms with Crippen LogP contribution < -0.4 is 15.6 Å². The van der Waals surface area contributed by atoms with E-state index in [2.05, 4.69) is 20.0 Å². The Labute approximate surface area is 176 Å². The fourth-order valence-corrected chi connectivity index (χ4v) is 5.66. The first kappa shape index (κ1) is 22.0. The normalized spacial score (nSPS) is 31.8. The summed E-state index contributed by atoms with van der Waals surface area (Å²) in [4.78, 5) is 34.1. The number of nitrogen functional groups attached to an aromatic ring is 1. The molecular weight excluding hydrogens is 438 g/mol. The van der Waals surface area contributed by atoms with Crippen LogP contribution in [0.5, 0.6) is 5.88 Å². The first-order chi connectivity index (χ1) is 14.6. The molecule has 2 aliphatic heterocycles. The number of ether oxygens (including phenoxy) is 2. The van der Waals surface area contributed by atoms with Crippen LogP contribution in [0, 0.1) is 0 Å². The summed E-state index contributed by atoms with van der Waals surface area (Å²) in [5.41, 5.74) is 4.09. The molecule has 0 aliphatic carbocycles. The van der Waals surface area contributed by atoms with Gasteiger partial charge in [-0.3, -0.25) is 0 Å². The molecule has 15 heteroatoms. The quantitative estimate of drug-likeness (QED) is 0.433.